The van der Waals surface area contributed by atoms with Gasteiger partial charge in [-0.25, -0.2) is 5.01 Å². The van der Waals surface area contributed by atoms with Crippen LogP contribution in [-0.2, 0) is 11.2 Å². The average Bonchev–Trinajstić information content (AvgIpc) is 2.30. The SMILES string of the molecule is C=NN(c1cncc(CC)c1)C(C)OC. The highest BCUT2D eigenvalue weighted by Gasteiger charge is 2.12. The number of pyridine rings is 1. The Kier molecular flexibility index (Phi) is 4.24. The van der Waals surface area contributed by atoms with Crippen LogP contribution in [0.5, 0.6) is 0 Å². The molecule has 0 amide bonds. The topological polar surface area (TPSA) is 37.7 Å². The highest BCUT2D eigenvalue weighted by Crippen LogP contribution is 2.18. The van der Waals surface area contributed by atoms with Crippen molar-refractivity contribution in [1.29, 1.82) is 0 Å². The number of ether oxygens (including phenoxy) is 1. The normalized spacial score (nSPS) is 12.2. The minimum absolute atomic E-state index is 0.142. The van der Waals surface area contributed by atoms with Gasteiger partial charge in [-0.15, -0.1) is 0 Å². The molecule has 0 saturated carbocycles. The third-order valence-corrected chi connectivity index (χ3v) is 2.29. The fourth-order valence-corrected chi connectivity index (χ4v) is 1.30. The molecule has 1 rings (SSSR count). The molecule has 15 heavy (non-hydrogen) atoms. The Bertz CT molecular complexity index is 327. The fraction of sp³-hybridized carbons (Fsp3) is 0.455. The summed E-state index contributed by atoms with van der Waals surface area (Å²) in [5.41, 5.74) is 2.07. The molecule has 1 unspecified atom stereocenters. The van der Waals surface area contributed by atoms with Crippen LogP contribution in [0.1, 0.15) is 19.4 Å². The van der Waals surface area contributed by atoms with Gasteiger partial charge in [0.1, 0.15) is 6.23 Å². The molecule has 0 aliphatic rings. The smallest absolute Gasteiger partial charge is 0.147 e. The molecule has 82 valence electrons. The summed E-state index contributed by atoms with van der Waals surface area (Å²) in [6.07, 6.45) is 4.41. The molecular formula is C11H17N3O. The zero-order valence-electron chi connectivity index (χ0n) is 9.47. The highest BCUT2D eigenvalue weighted by atomic mass is 16.5. The number of aryl methyl sites for hydroxylation is 1. The maximum Gasteiger partial charge on any atom is 0.147 e. The Morgan fingerprint density at radius 3 is 2.87 bits per heavy atom. The summed E-state index contributed by atoms with van der Waals surface area (Å²) in [7, 11) is 1.64. The maximum absolute atomic E-state index is 5.20. The van der Waals surface area contributed by atoms with Crippen molar-refractivity contribution in [3.8, 4) is 0 Å². The quantitative estimate of drug-likeness (QED) is 0.421. The summed E-state index contributed by atoms with van der Waals surface area (Å²) in [5.74, 6) is 0. The van der Waals surface area contributed by atoms with Crippen LogP contribution in [0.3, 0.4) is 0 Å². The second-order valence-electron chi connectivity index (χ2n) is 3.23. The maximum atomic E-state index is 5.20. The third-order valence-electron chi connectivity index (χ3n) is 2.29. The van der Waals surface area contributed by atoms with E-state index < -0.39 is 0 Å². The molecular weight excluding hydrogens is 190 g/mol. The summed E-state index contributed by atoms with van der Waals surface area (Å²) in [6, 6.07) is 2.04. The highest BCUT2D eigenvalue weighted by molar-refractivity contribution is 5.47. The first kappa shape index (κ1) is 11.7. The summed E-state index contributed by atoms with van der Waals surface area (Å²) in [6.45, 7) is 7.53. The molecule has 1 heterocycles. The number of rotatable bonds is 5. The van der Waals surface area contributed by atoms with Crippen LogP contribution in [0.15, 0.2) is 23.6 Å². The van der Waals surface area contributed by atoms with E-state index in [1.165, 1.54) is 5.56 Å². The van der Waals surface area contributed by atoms with E-state index in [-0.39, 0.29) is 6.23 Å². The van der Waals surface area contributed by atoms with Crippen LogP contribution in [0.25, 0.3) is 0 Å². The van der Waals surface area contributed by atoms with Crippen molar-refractivity contribution < 1.29 is 4.74 Å². The van der Waals surface area contributed by atoms with Crippen molar-refractivity contribution in [2.45, 2.75) is 26.5 Å². The van der Waals surface area contributed by atoms with Crippen molar-refractivity contribution in [2.24, 2.45) is 5.10 Å². The lowest BCUT2D eigenvalue weighted by Crippen LogP contribution is -2.29. The molecule has 0 N–H and O–H groups in total. The molecule has 0 spiro atoms. The van der Waals surface area contributed by atoms with Crippen LogP contribution >= 0.6 is 0 Å². The number of nitrogens with zero attached hydrogens (tertiary/aromatic N) is 3. The van der Waals surface area contributed by atoms with E-state index in [1.54, 1.807) is 18.3 Å². The first-order chi connectivity index (χ1) is 7.22. The Morgan fingerprint density at radius 2 is 2.33 bits per heavy atom. The van der Waals surface area contributed by atoms with Gasteiger partial charge in [0.2, 0.25) is 0 Å². The van der Waals surface area contributed by atoms with Gasteiger partial charge >= 0.3 is 0 Å². The third kappa shape index (κ3) is 2.76. The van der Waals surface area contributed by atoms with Gasteiger partial charge in [-0.2, -0.15) is 5.10 Å². The summed E-state index contributed by atoms with van der Waals surface area (Å²) in [4.78, 5) is 4.16. The Balaban J connectivity index is 2.95. The first-order valence-electron chi connectivity index (χ1n) is 4.95. The van der Waals surface area contributed by atoms with Crippen molar-refractivity contribution in [3.63, 3.8) is 0 Å². The number of anilines is 1. The van der Waals surface area contributed by atoms with Gasteiger partial charge in [-0.3, -0.25) is 4.98 Å². The minimum Gasteiger partial charge on any atom is -0.360 e. The lowest BCUT2D eigenvalue weighted by molar-refractivity contribution is 0.115. The number of aromatic nitrogens is 1. The summed E-state index contributed by atoms with van der Waals surface area (Å²) in [5, 5.41) is 5.62. The second-order valence-corrected chi connectivity index (χ2v) is 3.23. The first-order valence-corrected chi connectivity index (χ1v) is 4.95. The monoisotopic (exact) mass is 207 g/mol. The van der Waals surface area contributed by atoms with E-state index in [2.05, 4.69) is 23.7 Å². The van der Waals surface area contributed by atoms with Crippen molar-refractivity contribution >= 4 is 12.4 Å². The van der Waals surface area contributed by atoms with Gasteiger partial charge in [0.15, 0.2) is 0 Å². The van der Waals surface area contributed by atoms with Gasteiger partial charge in [-0.05, 0) is 25.0 Å². The molecule has 0 bridgehead atoms. The zero-order valence-corrected chi connectivity index (χ0v) is 9.47. The van der Waals surface area contributed by atoms with Crippen LogP contribution in [0, 0.1) is 0 Å². The standard InChI is InChI=1S/C11H17N3O/c1-5-10-6-11(8-13-7-10)14(12-3)9(2)15-4/h6-9H,3,5H2,1-2,4H3. The van der Waals surface area contributed by atoms with Crippen molar-refractivity contribution in [1.82, 2.24) is 4.98 Å². The molecule has 0 aromatic carbocycles. The van der Waals surface area contributed by atoms with Gasteiger partial charge < -0.3 is 4.74 Å². The molecule has 4 nitrogen and oxygen atoms in total. The molecule has 0 aliphatic heterocycles. The minimum atomic E-state index is -0.142. The Morgan fingerprint density at radius 1 is 1.60 bits per heavy atom. The molecule has 4 heteroatoms. The summed E-state index contributed by atoms with van der Waals surface area (Å²) >= 11 is 0. The van der Waals surface area contributed by atoms with Crippen molar-refractivity contribution in [2.75, 3.05) is 12.1 Å². The second kappa shape index (κ2) is 5.46. The largest absolute Gasteiger partial charge is 0.360 e. The van der Waals surface area contributed by atoms with E-state index in [0.29, 0.717) is 0 Å². The zero-order chi connectivity index (χ0) is 11.3. The predicted molar refractivity (Wildman–Crippen MR) is 62.1 cm³/mol. The van der Waals surface area contributed by atoms with E-state index >= 15 is 0 Å². The average molecular weight is 207 g/mol. The molecule has 0 fully saturated rings. The van der Waals surface area contributed by atoms with Crippen LogP contribution in [-0.4, -0.2) is 25.0 Å². The molecule has 0 saturated heterocycles. The van der Waals surface area contributed by atoms with Crippen molar-refractivity contribution in [3.05, 3.63) is 24.0 Å². The number of hydrazone groups is 1. The van der Waals surface area contributed by atoms with Crippen LogP contribution in [0.2, 0.25) is 0 Å². The van der Waals surface area contributed by atoms with E-state index in [4.69, 9.17) is 4.74 Å². The lowest BCUT2D eigenvalue weighted by atomic mass is 10.2. The van der Waals surface area contributed by atoms with E-state index in [1.807, 2.05) is 19.2 Å². The van der Waals surface area contributed by atoms with Crippen LogP contribution in [0.4, 0.5) is 5.69 Å². The van der Waals surface area contributed by atoms with E-state index in [9.17, 15) is 0 Å². The molecule has 1 aromatic rings. The Labute approximate surface area is 90.6 Å². The summed E-state index contributed by atoms with van der Waals surface area (Å²) < 4.78 is 5.20. The Hall–Kier alpha value is -1.42. The molecule has 0 radical (unpaired) electrons. The number of hydrogen-bond acceptors (Lipinski definition) is 4. The fourth-order valence-electron chi connectivity index (χ4n) is 1.30. The van der Waals surface area contributed by atoms with E-state index in [0.717, 1.165) is 12.1 Å². The lowest BCUT2D eigenvalue weighted by Gasteiger charge is -2.24. The van der Waals surface area contributed by atoms with Gasteiger partial charge in [-0.1, -0.05) is 6.92 Å². The molecule has 1 atom stereocenters. The van der Waals surface area contributed by atoms with Gasteiger partial charge in [0, 0.05) is 20.0 Å². The number of hydrogen-bond donors (Lipinski definition) is 0. The molecule has 0 aliphatic carbocycles. The number of methoxy groups -OCH3 is 1. The molecule has 1 aromatic heterocycles. The predicted octanol–water partition coefficient (Wildman–Crippen LogP) is 2.06. The van der Waals surface area contributed by atoms with Gasteiger partial charge in [0.05, 0.1) is 11.9 Å². The van der Waals surface area contributed by atoms with Crippen LogP contribution < -0.4 is 5.01 Å². The van der Waals surface area contributed by atoms with Gasteiger partial charge in [0.25, 0.3) is 0 Å².